The van der Waals surface area contributed by atoms with Crippen molar-refractivity contribution in [1.82, 2.24) is 0 Å². The highest BCUT2D eigenvalue weighted by molar-refractivity contribution is 9.10. The summed E-state index contributed by atoms with van der Waals surface area (Å²) in [4.78, 5) is 42.0. The molecule has 1 heterocycles. The van der Waals surface area contributed by atoms with Crippen LogP contribution in [0.15, 0.2) is 51.9 Å². The van der Waals surface area contributed by atoms with Crippen molar-refractivity contribution in [3.05, 3.63) is 63.1 Å². The lowest BCUT2D eigenvalue weighted by Crippen LogP contribution is -2.42. The van der Waals surface area contributed by atoms with Gasteiger partial charge < -0.3 is 4.74 Å². The summed E-state index contributed by atoms with van der Waals surface area (Å²) in [5, 5.41) is 0.410. The lowest BCUT2D eigenvalue weighted by atomic mass is 10.00. The molecule has 0 spiro atoms. The molecular weight excluding hydrogens is 436 g/mol. The molecule has 1 aliphatic heterocycles. The van der Waals surface area contributed by atoms with Crippen LogP contribution in [0.2, 0.25) is 5.02 Å². The van der Waals surface area contributed by atoms with Crippen molar-refractivity contribution in [2.45, 2.75) is 20.1 Å². The fraction of sp³-hybridized carbons (Fsp3) is 0.158. The topological polar surface area (TPSA) is 76.0 Å². The molecule has 6 nitrogen and oxygen atoms in total. The molecule has 0 radical (unpaired) electrons. The molecular formula is C19H14BrClN2O4. The van der Waals surface area contributed by atoms with Crippen LogP contribution >= 0.6 is 27.5 Å². The van der Waals surface area contributed by atoms with E-state index in [2.05, 4.69) is 20.9 Å². The largest absolute Gasteiger partial charge is 0.430 e. The number of carbonyl (C=O) groups excluding carboxylic acids is 3. The Morgan fingerprint density at radius 3 is 2.48 bits per heavy atom. The van der Waals surface area contributed by atoms with Crippen LogP contribution in [0.5, 0.6) is 0 Å². The van der Waals surface area contributed by atoms with Gasteiger partial charge in [0.15, 0.2) is 0 Å². The first-order chi connectivity index (χ1) is 12.8. The summed E-state index contributed by atoms with van der Waals surface area (Å²) >= 11 is 9.74. The van der Waals surface area contributed by atoms with Crippen molar-refractivity contribution >= 4 is 56.7 Å². The quantitative estimate of drug-likeness (QED) is 0.655. The van der Waals surface area contributed by atoms with E-state index in [1.807, 2.05) is 0 Å². The second-order valence-corrected chi connectivity index (χ2v) is 7.10. The number of imide groups is 1. The molecule has 1 aliphatic rings. The van der Waals surface area contributed by atoms with Crippen LogP contribution in [0.4, 0.5) is 5.69 Å². The first kappa shape index (κ1) is 19.3. The minimum absolute atomic E-state index is 0.337. The van der Waals surface area contributed by atoms with Crippen LogP contribution < -0.4 is 4.90 Å². The number of carbonyl (C=O) groups is 3. The van der Waals surface area contributed by atoms with Crippen molar-refractivity contribution in [2.75, 3.05) is 4.90 Å². The summed E-state index contributed by atoms with van der Waals surface area (Å²) in [6, 6.07) is 12.0. The first-order valence-electron chi connectivity index (χ1n) is 7.94. The van der Waals surface area contributed by atoms with Gasteiger partial charge in [-0.1, -0.05) is 45.7 Å². The maximum atomic E-state index is 12.9. The summed E-state index contributed by atoms with van der Waals surface area (Å²) in [6.07, 6.45) is -1.50. The Morgan fingerprint density at radius 1 is 1.15 bits per heavy atom. The molecule has 8 heteroatoms. The summed E-state index contributed by atoms with van der Waals surface area (Å²) in [5.74, 6) is -1.95. The Labute approximate surface area is 168 Å². The highest BCUT2D eigenvalue weighted by Crippen LogP contribution is 2.33. The minimum atomic E-state index is -1.50. The molecule has 2 aromatic rings. The van der Waals surface area contributed by atoms with Gasteiger partial charge in [0, 0.05) is 34.5 Å². The smallest absolute Gasteiger partial charge is 0.305 e. The molecule has 2 aromatic carbocycles. The van der Waals surface area contributed by atoms with Gasteiger partial charge in [0.05, 0.1) is 11.4 Å². The highest BCUT2D eigenvalue weighted by atomic mass is 79.9. The van der Waals surface area contributed by atoms with Gasteiger partial charge in [-0.15, -0.1) is 0 Å². The third kappa shape index (κ3) is 3.79. The summed E-state index contributed by atoms with van der Waals surface area (Å²) < 4.78 is 5.82. The SMILES string of the molecule is CC(=O)OC1N=C(c2ccccc2Cl)c2cc(Br)ccc2N(C(C)=O)C1=O. The normalized spacial score (nSPS) is 16.3. The van der Waals surface area contributed by atoms with E-state index >= 15 is 0 Å². The van der Waals surface area contributed by atoms with Gasteiger partial charge in [-0.2, -0.15) is 0 Å². The van der Waals surface area contributed by atoms with Gasteiger partial charge >= 0.3 is 5.97 Å². The van der Waals surface area contributed by atoms with Gasteiger partial charge in [-0.3, -0.25) is 14.4 Å². The number of hydrogen-bond donors (Lipinski definition) is 0. The Balaban J connectivity index is 2.33. The van der Waals surface area contributed by atoms with Crippen molar-refractivity contribution in [2.24, 2.45) is 4.99 Å². The van der Waals surface area contributed by atoms with E-state index in [1.54, 1.807) is 42.5 Å². The zero-order chi connectivity index (χ0) is 19.7. The van der Waals surface area contributed by atoms with E-state index in [-0.39, 0.29) is 0 Å². The number of ether oxygens (including phenoxy) is 1. The van der Waals surface area contributed by atoms with E-state index in [0.717, 1.165) is 9.37 Å². The number of esters is 1. The fourth-order valence-corrected chi connectivity index (χ4v) is 3.38. The zero-order valence-corrected chi connectivity index (χ0v) is 16.7. The third-order valence-corrected chi connectivity index (χ3v) is 4.68. The molecule has 0 saturated carbocycles. The maximum absolute atomic E-state index is 12.9. The monoisotopic (exact) mass is 448 g/mol. The van der Waals surface area contributed by atoms with E-state index in [9.17, 15) is 14.4 Å². The van der Waals surface area contributed by atoms with Crippen molar-refractivity contribution in [3.63, 3.8) is 0 Å². The van der Waals surface area contributed by atoms with Crippen LogP contribution in [0.3, 0.4) is 0 Å². The minimum Gasteiger partial charge on any atom is -0.430 e. The number of nitrogens with zero attached hydrogens (tertiary/aromatic N) is 2. The number of aliphatic imine (C=N–C) groups is 1. The average Bonchev–Trinajstić information content (AvgIpc) is 2.70. The van der Waals surface area contributed by atoms with Crippen LogP contribution in [-0.4, -0.2) is 29.7 Å². The lowest BCUT2D eigenvalue weighted by Gasteiger charge is -2.21. The number of benzene rings is 2. The van der Waals surface area contributed by atoms with Gasteiger partial charge in [0.25, 0.3) is 12.1 Å². The Morgan fingerprint density at radius 2 is 1.85 bits per heavy atom. The van der Waals surface area contributed by atoms with E-state index in [0.29, 0.717) is 27.5 Å². The van der Waals surface area contributed by atoms with Gasteiger partial charge in [0.1, 0.15) is 0 Å². The number of benzodiazepines with no additional fused rings is 1. The second-order valence-electron chi connectivity index (χ2n) is 5.77. The standard InChI is InChI=1S/C19H14BrClN2O4/c1-10(24)23-16-8-7-12(20)9-14(16)17(13-5-3-4-6-15(13)21)22-18(19(23)26)27-11(2)25/h3-9,18H,1-2H3. The molecule has 2 amide bonds. The van der Waals surface area contributed by atoms with Crippen LogP contribution in [0.25, 0.3) is 0 Å². The molecule has 0 fully saturated rings. The average molecular weight is 450 g/mol. The summed E-state index contributed by atoms with van der Waals surface area (Å²) in [5.41, 5.74) is 1.74. The third-order valence-electron chi connectivity index (χ3n) is 3.85. The number of fused-ring (bicyclic) bond motifs is 1. The molecule has 0 bridgehead atoms. The van der Waals surface area contributed by atoms with Crippen LogP contribution in [0, 0.1) is 0 Å². The molecule has 138 valence electrons. The van der Waals surface area contributed by atoms with Crippen molar-refractivity contribution in [1.29, 1.82) is 0 Å². The second kappa shape index (κ2) is 7.62. The van der Waals surface area contributed by atoms with Crippen LogP contribution in [0.1, 0.15) is 25.0 Å². The number of amides is 2. The van der Waals surface area contributed by atoms with Crippen molar-refractivity contribution < 1.29 is 19.1 Å². The maximum Gasteiger partial charge on any atom is 0.305 e. The molecule has 0 saturated heterocycles. The van der Waals surface area contributed by atoms with Gasteiger partial charge in [-0.25, -0.2) is 9.89 Å². The molecule has 0 aliphatic carbocycles. The fourth-order valence-electron chi connectivity index (χ4n) is 2.79. The number of hydrogen-bond acceptors (Lipinski definition) is 5. The predicted molar refractivity (Wildman–Crippen MR) is 105 cm³/mol. The van der Waals surface area contributed by atoms with Crippen molar-refractivity contribution in [3.8, 4) is 0 Å². The molecule has 0 aromatic heterocycles. The lowest BCUT2D eigenvalue weighted by molar-refractivity contribution is -0.152. The Bertz CT molecular complexity index is 989. The molecule has 27 heavy (non-hydrogen) atoms. The zero-order valence-electron chi connectivity index (χ0n) is 14.4. The predicted octanol–water partition coefficient (Wildman–Crippen LogP) is 3.72. The highest BCUT2D eigenvalue weighted by Gasteiger charge is 2.36. The molecule has 1 unspecified atom stereocenters. The van der Waals surface area contributed by atoms with Crippen LogP contribution in [-0.2, 0) is 19.1 Å². The van der Waals surface area contributed by atoms with Gasteiger partial charge in [0.2, 0.25) is 5.91 Å². The number of rotatable bonds is 2. The number of anilines is 1. The van der Waals surface area contributed by atoms with E-state index in [4.69, 9.17) is 16.3 Å². The summed E-state index contributed by atoms with van der Waals surface area (Å²) in [6.45, 7) is 2.43. The Kier molecular flexibility index (Phi) is 5.43. The Hall–Kier alpha value is -2.51. The molecule has 0 N–H and O–H groups in total. The molecule has 1 atom stereocenters. The molecule has 3 rings (SSSR count). The first-order valence-corrected chi connectivity index (χ1v) is 9.11. The van der Waals surface area contributed by atoms with E-state index < -0.39 is 24.0 Å². The summed E-state index contributed by atoms with van der Waals surface area (Å²) in [7, 11) is 0. The number of halogens is 2. The van der Waals surface area contributed by atoms with Gasteiger partial charge in [-0.05, 0) is 24.3 Å². The van der Waals surface area contributed by atoms with E-state index in [1.165, 1.54) is 13.8 Å².